The Morgan fingerprint density at radius 3 is 2.67 bits per heavy atom. The Morgan fingerprint density at radius 2 is 2.13 bits per heavy atom. The third-order valence-electron chi connectivity index (χ3n) is 3.17. The molecule has 1 heterocycles. The maximum absolute atomic E-state index is 11.9. The zero-order chi connectivity index (χ0) is 11.0. The van der Waals surface area contributed by atoms with E-state index in [4.69, 9.17) is 5.73 Å². The molecule has 5 heteroatoms. The molecule has 3 atom stereocenters. The minimum Gasteiger partial charge on any atom is -0.467 e. The van der Waals surface area contributed by atoms with Crippen LogP contribution in [-0.2, 0) is 14.3 Å². The molecule has 2 rings (SSSR count). The molecule has 1 aliphatic heterocycles. The molecule has 1 saturated carbocycles. The van der Waals surface area contributed by atoms with Crippen molar-refractivity contribution in [2.24, 2.45) is 11.7 Å². The number of nitrogens with zero attached hydrogens (tertiary/aromatic N) is 1. The summed E-state index contributed by atoms with van der Waals surface area (Å²) in [5.41, 5.74) is 5.63. The molecular weight excluding hydrogens is 196 g/mol. The summed E-state index contributed by atoms with van der Waals surface area (Å²) in [6, 6.07) is -0.383. The molecule has 0 aromatic heterocycles. The summed E-state index contributed by atoms with van der Waals surface area (Å²) in [5.74, 6) is -0.347. The molecule has 2 aliphatic rings. The summed E-state index contributed by atoms with van der Waals surface area (Å²) in [5, 5.41) is 0. The molecule has 0 spiro atoms. The summed E-state index contributed by atoms with van der Waals surface area (Å²) in [6.45, 7) is 0.655. The zero-order valence-electron chi connectivity index (χ0n) is 8.81. The number of likely N-dealkylation sites (tertiary alicyclic amines) is 1. The molecular formula is C10H16N2O3. The number of rotatable bonds is 2. The van der Waals surface area contributed by atoms with Gasteiger partial charge in [0.15, 0.2) is 0 Å². The quantitative estimate of drug-likeness (QED) is 0.626. The number of hydrogen-bond acceptors (Lipinski definition) is 4. The van der Waals surface area contributed by atoms with E-state index in [0.29, 0.717) is 13.0 Å². The highest BCUT2D eigenvalue weighted by molar-refractivity contribution is 5.88. The number of amides is 1. The van der Waals surface area contributed by atoms with Gasteiger partial charge in [0, 0.05) is 12.6 Å². The predicted octanol–water partition coefficient (Wildman–Crippen LogP) is -0.502. The molecule has 0 aromatic carbocycles. The van der Waals surface area contributed by atoms with E-state index >= 15 is 0 Å². The van der Waals surface area contributed by atoms with Crippen LogP contribution in [0.4, 0.5) is 0 Å². The number of hydrogen-bond donors (Lipinski definition) is 1. The molecule has 0 radical (unpaired) electrons. The number of carbonyl (C=O) groups is 2. The van der Waals surface area contributed by atoms with Gasteiger partial charge in [-0.1, -0.05) is 0 Å². The second-order valence-corrected chi connectivity index (χ2v) is 4.22. The Hall–Kier alpha value is -1.10. The van der Waals surface area contributed by atoms with E-state index in [1.807, 2.05) is 0 Å². The first-order chi connectivity index (χ1) is 7.15. The van der Waals surface area contributed by atoms with Crippen molar-refractivity contribution in [1.29, 1.82) is 0 Å². The Balaban J connectivity index is 2.01. The molecule has 1 saturated heterocycles. The lowest BCUT2D eigenvalue weighted by Crippen LogP contribution is -2.42. The van der Waals surface area contributed by atoms with Crippen molar-refractivity contribution >= 4 is 11.9 Å². The van der Waals surface area contributed by atoms with E-state index in [-0.39, 0.29) is 29.9 Å². The molecule has 5 nitrogen and oxygen atoms in total. The molecule has 2 N–H and O–H groups in total. The van der Waals surface area contributed by atoms with Crippen molar-refractivity contribution < 1.29 is 14.3 Å². The van der Waals surface area contributed by atoms with E-state index in [0.717, 1.165) is 12.8 Å². The Kier molecular flexibility index (Phi) is 2.65. The summed E-state index contributed by atoms with van der Waals surface area (Å²) >= 11 is 0. The number of ether oxygens (including phenoxy) is 1. The lowest BCUT2D eigenvalue weighted by molar-refractivity contribution is -0.151. The molecule has 3 unspecified atom stereocenters. The van der Waals surface area contributed by atoms with Gasteiger partial charge in [0.2, 0.25) is 5.91 Å². The van der Waals surface area contributed by atoms with Crippen molar-refractivity contribution in [1.82, 2.24) is 4.90 Å². The minimum atomic E-state index is -0.379. The normalized spacial score (nSPS) is 34.0. The van der Waals surface area contributed by atoms with E-state index < -0.39 is 0 Å². The second kappa shape index (κ2) is 3.81. The van der Waals surface area contributed by atoms with Gasteiger partial charge in [-0.2, -0.15) is 0 Å². The Labute approximate surface area is 88.5 Å². The first-order valence-corrected chi connectivity index (χ1v) is 5.29. The van der Waals surface area contributed by atoms with Crippen molar-refractivity contribution in [3.63, 3.8) is 0 Å². The Morgan fingerprint density at radius 1 is 1.47 bits per heavy atom. The average molecular weight is 212 g/mol. The SMILES string of the molecule is COC(=O)C1CCCN1C(=O)C1CC1N. The van der Waals surface area contributed by atoms with Crippen LogP contribution in [0, 0.1) is 5.92 Å². The van der Waals surface area contributed by atoms with Gasteiger partial charge in [-0.15, -0.1) is 0 Å². The molecule has 0 aromatic rings. The first-order valence-electron chi connectivity index (χ1n) is 5.29. The van der Waals surface area contributed by atoms with Crippen molar-refractivity contribution in [2.45, 2.75) is 31.3 Å². The van der Waals surface area contributed by atoms with Crippen LogP contribution in [0.3, 0.4) is 0 Å². The van der Waals surface area contributed by atoms with Crippen LogP contribution in [0.25, 0.3) is 0 Å². The third-order valence-corrected chi connectivity index (χ3v) is 3.17. The average Bonchev–Trinajstić information content (AvgIpc) is 2.79. The minimum absolute atomic E-state index is 0.00334. The summed E-state index contributed by atoms with van der Waals surface area (Å²) in [4.78, 5) is 24.9. The largest absolute Gasteiger partial charge is 0.467 e. The van der Waals surface area contributed by atoms with Crippen LogP contribution in [0.5, 0.6) is 0 Å². The van der Waals surface area contributed by atoms with Crippen LogP contribution < -0.4 is 5.73 Å². The maximum atomic E-state index is 11.9. The van der Waals surface area contributed by atoms with Gasteiger partial charge in [0.25, 0.3) is 0 Å². The van der Waals surface area contributed by atoms with Gasteiger partial charge < -0.3 is 15.4 Å². The van der Waals surface area contributed by atoms with Crippen LogP contribution in [0.15, 0.2) is 0 Å². The molecule has 15 heavy (non-hydrogen) atoms. The predicted molar refractivity (Wildman–Crippen MR) is 52.8 cm³/mol. The van der Waals surface area contributed by atoms with Gasteiger partial charge >= 0.3 is 5.97 Å². The molecule has 1 aliphatic carbocycles. The van der Waals surface area contributed by atoms with Gasteiger partial charge in [-0.3, -0.25) is 4.79 Å². The highest BCUT2D eigenvalue weighted by Gasteiger charge is 2.46. The fraction of sp³-hybridized carbons (Fsp3) is 0.800. The summed E-state index contributed by atoms with van der Waals surface area (Å²) < 4.78 is 4.68. The van der Waals surface area contributed by atoms with Crippen molar-refractivity contribution in [3.05, 3.63) is 0 Å². The maximum Gasteiger partial charge on any atom is 0.328 e. The summed E-state index contributed by atoms with van der Waals surface area (Å²) in [6.07, 6.45) is 2.33. The lowest BCUT2D eigenvalue weighted by Gasteiger charge is -2.22. The molecule has 0 bridgehead atoms. The van der Waals surface area contributed by atoms with E-state index in [1.54, 1.807) is 4.90 Å². The number of esters is 1. The number of carbonyl (C=O) groups excluding carboxylic acids is 2. The van der Waals surface area contributed by atoms with Crippen LogP contribution >= 0.6 is 0 Å². The van der Waals surface area contributed by atoms with Crippen LogP contribution in [-0.4, -0.2) is 42.5 Å². The highest BCUT2D eigenvalue weighted by atomic mass is 16.5. The smallest absolute Gasteiger partial charge is 0.328 e. The fourth-order valence-electron chi connectivity index (χ4n) is 2.12. The number of nitrogens with two attached hydrogens (primary N) is 1. The summed E-state index contributed by atoms with van der Waals surface area (Å²) in [7, 11) is 1.35. The number of methoxy groups -OCH3 is 1. The topological polar surface area (TPSA) is 72.6 Å². The van der Waals surface area contributed by atoms with Gasteiger partial charge in [-0.05, 0) is 19.3 Å². The van der Waals surface area contributed by atoms with Crippen molar-refractivity contribution in [3.8, 4) is 0 Å². The molecule has 84 valence electrons. The molecule has 1 amide bonds. The van der Waals surface area contributed by atoms with E-state index in [2.05, 4.69) is 4.74 Å². The van der Waals surface area contributed by atoms with Crippen LogP contribution in [0.1, 0.15) is 19.3 Å². The lowest BCUT2D eigenvalue weighted by atomic mass is 10.2. The third kappa shape index (κ3) is 1.84. The fourth-order valence-corrected chi connectivity index (χ4v) is 2.12. The van der Waals surface area contributed by atoms with Crippen LogP contribution in [0.2, 0.25) is 0 Å². The van der Waals surface area contributed by atoms with E-state index in [9.17, 15) is 9.59 Å². The standard InChI is InChI=1S/C10H16N2O3/c1-15-10(14)8-3-2-4-12(8)9(13)6-5-7(6)11/h6-8H,2-5,11H2,1H3. The highest BCUT2D eigenvalue weighted by Crippen LogP contribution is 2.32. The monoisotopic (exact) mass is 212 g/mol. The van der Waals surface area contributed by atoms with Gasteiger partial charge in [-0.25, -0.2) is 4.79 Å². The van der Waals surface area contributed by atoms with E-state index in [1.165, 1.54) is 7.11 Å². The second-order valence-electron chi connectivity index (χ2n) is 4.22. The van der Waals surface area contributed by atoms with Crippen molar-refractivity contribution in [2.75, 3.05) is 13.7 Å². The van der Waals surface area contributed by atoms with Gasteiger partial charge in [0.1, 0.15) is 6.04 Å². The Bertz CT molecular complexity index is 292. The first kappa shape index (κ1) is 10.4. The van der Waals surface area contributed by atoms with Gasteiger partial charge in [0.05, 0.1) is 13.0 Å². The zero-order valence-corrected chi connectivity index (χ0v) is 8.81. The molecule has 2 fully saturated rings.